The van der Waals surface area contributed by atoms with E-state index in [2.05, 4.69) is 4.72 Å². The summed E-state index contributed by atoms with van der Waals surface area (Å²) in [7, 11) is -0.789. The van der Waals surface area contributed by atoms with Crippen molar-refractivity contribution in [3.05, 3.63) is 40.6 Å². The Hall–Kier alpha value is -1.57. The molecule has 0 amide bonds. The normalized spacial score (nSPS) is 12.9. The van der Waals surface area contributed by atoms with Crippen molar-refractivity contribution in [1.29, 1.82) is 0 Å². The highest BCUT2D eigenvalue weighted by atomic mass is 32.2. The maximum Gasteiger partial charge on any atom is 0.244 e. The van der Waals surface area contributed by atoms with Crippen molar-refractivity contribution in [2.75, 3.05) is 14.2 Å². The third-order valence-electron chi connectivity index (χ3n) is 2.96. The van der Waals surface area contributed by atoms with Gasteiger partial charge in [0.1, 0.15) is 16.4 Å². The minimum Gasteiger partial charge on any atom is -0.497 e. The van der Waals surface area contributed by atoms with Gasteiger partial charge in [0.15, 0.2) is 0 Å². The van der Waals surface area contributed by atoms with Crippen LogP contribution < -0.4 is 14.2 Å². The molecule has 0 aliphatic rings. The average molecular weight is 327 g/mol. The highest BCUT2D eigenvalue weighted by Crippen LogP contribution is 2.29. The van der Waals surface area contributed by atoms with Gasteiger partial charge in [-0.2, -0.15) is 0 Å². The van der Waals surface area contributed by atoms with Crippen molar-refractivity contribution in [1.82, 2.24) is 4.72 Å². The predicted molar refractivity (Wildman–Crippen MR) is 82.6 cm³/mol. The van der Waals surface area contributed by atoms with E-state index in [1.165, 1.54) is 31.6 Å². The van der Waals surface area contributed by atoms with E-state index < -0.39 is 10.0 Å². The Morgan fingerprint density at radius 3 is 2.52 bits per heavy atom. The summed E-state index contributed by atoms with van der Waals surface area (Å²) in [6.07, 6.45) is 0. The van der Waals surface area contributed by atoms with Gasteiger partial charge in [-0.3, -0.25) is 0 Å². The van der Waals surface area contributed by atoms with E-state index in [0.717, 1.165) is 4.88 Å². The molecule has 1 aromatic carbocycles. The van der Waals surface area contributed by atoms with Gasteiger partial charge in [0.2, 0.25) is 10.0 Å². The summed E-state index contributed by atoms with van der Waals surface area (Å²) < 4.78 is 37.9. The highest BCUT2D eigenvalue weighted by molar-refractivity contribution is 7.89. The number of nitrogens with one attached hydrogen (secondary N) is 1. The second-order valence-electron chi connectivity index (χ2n) is 4.38. The first-order valence-corrected chi connectivity index (χ1v) is 8.62. The fourth-order valence-electron chi connectivity index (χ4n) is 1.89. The highest BCUT2D eigenvalue weighted by Gasteiger charge is 2.23. The van der Waals surface area contributed by atoms with Gasteiger partial charge in [-0.25, -0.2) is 13.1 Å². The molecule has 0 saturated carbocycles. The maximum atomic E-state index is 12.5. The third kappa shape index (κ3) is 3.55. The lowest BCUT2D eigenvalue weighted by atomic mass is 10.3. The zero-order chi connectivity index (χ0) is 15.5. The van der Waals surface area contributed by atoms with Gasteiger partial charge in [-0.1, -0.05) is 6.07 Å². The molecule has 1 N–H and O–H groups in total. The molecule has 2 rings (SSSR count). The SMILES string of the molecule is COc1ccc(OC)c(S(=O)(=O)N[C@@H](C)c2cccs2)c1. The summed E-state index contributed by atoms with van der Waals surface area (Å²) in [6, 6.07) is 8.13. The Morgan fingerprint density at radius 1 is 1.19 bits per heavy atom. The van der Waals surface area contributed by atoms with Crippen LogP contribution in [0.3, 0.4) is 0 Å². The molecule has 5 nitrogen and oxygen atoms in total. The number of methoxy groups -OCH3 is 2. The third-order valence-corrected chi connectivity index (χ3v) is 5.58. The molecule has 0 aliphatic carbocycles. The molecule has 1 heterocycles. The van der Waals surface area contributed by atoms with E-state index in [0.29, 0.717) is 5.75 Å². The topological polar surface area (TPSA) is 64.6 Å². The van der Waals surface area contributed by atoms with Crippen LogP contribution in [0.15, 0.2) is 40.6 Å². The molecule has 21 heavy (non-hydrogen) atoms. The monoisotopic (exact) mass is 327 g/mol. The molecule has 1 aromatic heterocycles. The van der Waals surface area contributed by atoms with Crippen LogP contribution in [0.5, 0.6) is 11.5 Å². The van der Waals surface area contributed by atoms with Gasteiger partial charge in [0.05, 0.1) is 20.3 Å². The van der Waals surface area contributed by atoms with Crippen LogP contribution in [0, 0.1) is 0 Å². The fraction of sp³-hybridized carbons (Fsp3) is 0.286. The average Bonchev–Trinajstić information content (AvgIpc) is 3.00. The second kappa shape index (κ2) is 6.46. The minimum atomic E-state index is -3.71. The van der Waals surface area contributed by atoms with Gasteiger partial charge in [0.25, 0.3) is 0 Å². The van der Waals surface area contributed by atoms with Crippen LogP contribution in [-0.2, 0) is 10.0 Å². The van der Waals surface area contributed by atoms with Crippen LogP contribution in [0.25, 0.3) is 0 Å². The lowest BCUT2D eigenvalue weighted by molar-refractivity contribution is 0.391. The van der Waals surface area contributed by atoms with E-state index in [1.807, 2.05) is 17.5 Å². The summed E-state index contributed by atoms with van der Waals surface area (Å²) >= 11 is 1.50. The van der Waals surface area contributed by atoms with Gasteiger partial charge in [0, 0.05) is 10.9 Å². The van der Waals surface area contributed by atoms with Crippen LogP contribution in [0.2, 0.25) is 0 Å². The Labute approximate surface area is 128 Å². The molecule has 2 aromatic rings. The molecule has 0 saturated heterocycles. The molecular weight excluding hydrogens is 310 g/mol. The summed E-state index contributed by atoms with van der Waals surface area (Å²) in [5.41, 5.74) is 0. The van der Waals surface area contributed by atoms with E-state index in [4.69, 9.17) is 9.47 Å². The zero-order valence-electron chi connectivity index (χ0n) is 12.0. The van der Waals surface area contributed by atoms with Gasteiger partial charge < -0.3 is 9.47 Å². The summed E-state index contributed by atoms with van der Waals surface area (Å²) in [4.78, 5) is 1.01. The largest absolute Gasteiger partial charge is 0.497 e. The minimum absolute atomic E-state index is 0.0627. The first-order valence-electron chi connectivity index (χ1n) is 6.25. The molecule has 0 radical (unpaired) electrons. The van der Waals surface area contributed by atoms with Gasteiger partial charge in [-0.15, -0.1) is 11.3 Å². The quantitative estimate of drug-likeness (QED) is 0.886. The molecule has 0 unspecified atom stereocenters. The lowest BCUT2D eigenvalue weighted by Gasteiger charge is -2.15. The predicted octanol–water partition coefficient (Wildman–Crippen LogP) is 2.80. The number of sulfonamides is 1. The van der Waals surface area contributed by atoms with E-state index >= 15 is 0 Å². The van der Waals surface area contributed by atoms with Crippen molar-refractivity contribution in [2.24, 2.45) is 0 Å². The van der Waals surface area contributed by atoms with Crippen molar-refractivity contribution in [3.63, 3.8) is 0 Å². The maximum absolute atomic E-state index is 12.5. The van der Waals surface area contributed by atoms with Crippen molar-refractivity contribution in [2.45, 2.75) is 17.9 Å². The number of hydrogen-bond acceptors (Lipinski definition) is 5. The van der Waals surface area contributed by atoms with Gasteiger partial charge in [-0.05, 0) is 30.5 Å². The van der Waals surface area contributed by atoms with E-state index in [1.54, 1.807) is 19.1 Å². The number of rotatable bonds is 6. The molecule has 1 atom stereocenters. The zero-order valence-corrected chi connectivity index (χ0v) is 13.6. The number of hydrogen-bond donors (Lipinski definition) is 1. The van der Waals surface area contributed by atoms with Crippen molar-refractivity contribution in [3.8, 4) is 11.5 Å². The van der Waals surface area contributed by atoms with Crippen LogP contribution in [-0.4, -0.2) is 22.6 Å². The standard InChI is InChI=1S/C14H17NO4S2/c1-10(13-5-4-8-20-13)15-21(16,17)14-9-11(18-2)6-7-12(14)19-3/h4-10,15H,1-3H3/t10-/m0/s1. The Kier molecular flexibility index (Phi) is 4.87. The first kappa shape index (κ1) is 15.8. The van der Waals surface area contributed by atoms with Crippen LogP contribution in [0.1, 0.15) is 17.8 Å². The Balaban J connectivity index is 2.34. The molecule has 7 heteroatoms. The fourth-order valence-corrected chi connectivity index (χ4v) is 4.10. The first-order chi connectivity index (χ1) is 9.97. The lowest BCUT2D eigenvalue weighted by Crippen LogP contribution is -2.26. The smallest absolute Gasteiger partial charge is 0.244 e. The summed E-state index contributed by atoms with van der Waals surface area (Å²) in [5, 5.41) is 1.91. The molecule has 0 bridgehead atoms. The van der Waals surface area contributed by atoms with E-state index in [-0.39, 0.29) is 16.7 Å². The molecule has 0 fully saturated rings. The Morgan fingerprint density at radius 2 is 1.95 bits per heavy atom. The molecule has 0 aliphatic heterocycles. The number of ether oxygens (including phenoxy) is 2. The van der Waals surface area contributed by atoms with Crippen molar-refractivity contribution < 1.29 is 17.9 Å². The second-order valence-corrected chi connectivity index (χ2v) is 7.04. The van der Waals surface area contributed by atoms with Gasteiger partial charge >= 0.3 is 0 Å². The van der Waals surface area contributed by atoms with Crippen LogP contribution >= 0.6 is 11.3 Å². The van der Waals surface area contributed by atoms with E-state index in [9.17, 15) is 8.42 Å². The summed E-state index contributed by atoms with van der Waals surface area (Å²) in [5.74, 6) is 0.738. The number of thiophene rings is 1. The molecule has 114 valence electrons. The van der Waals surface area contributed by atoms with Crippen molar-refractivity contribution >= 4 is 21.4 Å². The Bertz CT molecular complexity index is 696. The molecular formula is C14H17NO4S2. The summed E-state index contributed by atoms with van der Waals surface area (Å²) in [6.45, 7) is 1.80. The number of benzene rings is 1. The van der Waals surface area contributed by atoms with Crippen LogP contribution in [0.4, 0.5) is 0 Å². The molecule has 0 spiro atoms.